The Morgan fingerprint density at radius 2 is 1.54 bits per heavy atom. The number of halogens is 1. The molecule has 2 aromatic carbocycles. The summed E-state index contributed by atoms with van der Waals surface area (Å²) in [6, 6.07) is 12.1. The second-order valence-electron chi connectivity index (χ2n) is 6.76. The molecule has 26 heavy (non-hydrogen) atoms. The Bertz CT molecular complexity index is 639. The van der Waals surface area contributed by atoms with Crippen LogP contribution in [0.1, 0.15) is 57.6 Å². The number of ether oxygens (including phenoxy) is 1. The lowest BCUT2D eigenvalue weighted by atomic mass is 9.98. The van der Waals surface area contributed by atoms with E-state index in [0.717, 1.165) is 48.1 Å². The Balaban J connectivity index is 0.00000338. The van der Waals surface area contributed by atoms with Crippen molar-refractivity contribution in [3.8, 4) is 5.75 Å². The number of hydrogen-bond donors (Lipinski definition) is 1. The second-order valence-corrected chi connectivity index (χ2v) is 6.76. The molecule has 0 saturated carbocycles. The lowest BCUT2D eigenvalue weighted by molar-refractivity contribution is 0.141. The fraction of sp³-hybridized carbons (Fsp3) is 0.545. The minimum Gasteiger partial charge on any atom is -0.496 e. The maximum Gasteiger partial charge on any atom is 0.126 e. The minimum atomic E-state index is -0.443. The van der Waals surface area contributed by atoms with Gasteiger partial charge in [-0.1, -0.05) is 57.0 Å². The smallest absolute Gasteiger partial charge is 0.126 e. The van der Waals surface area contributed by atoms with E-state index in [1.54, 1.807) is 7.11 Å². The molecule has 1 N–H and O–H groups in total. The van der Waals surface area contributed by atoms with E-state index in [1.807, 2.05) is 24.3 Å². The predicted octanol–water partition coefficient (Wildman–Crippen LogP) is 5.60. The topological polar surface area (TPSA) is 32.7 Å². The van der Waals surface area contributed by atoms with Gasteiger partial charge in [0.25, 0.3) is 0 Å². The molecule has 3 nitrogen and oxygen atoms in total. The predicted molar refractivity (Wildman–Crippen MR) is 114 cm³/mol. The minimum absolute atomic E-state index is 0. The van der Waals surface area contributed by atoms with Gasteiger partial charge in [-0.25, -0.2) is 0 Å². The summed E-state index contributed by atoms with van der Waals surface area (Å²) in [7, 11) is 1.69. The number of unbranched alkanes of at least 4 members (excludes halogenated alkanes) is 2. The van der Waals surface area contributed by atoms with E-state index in [4.69, 9.17) is 4.74 Å². The Morgan fingerprint density at radius 1 is 0.923 bits per heavy atom. The van der Waals surface area contributed by atoms with Crippen LogP contribution >= 0.6 is 12.4 Å². The van der Waals surface area contributed by atoms with E-state index in [-0.39, 0.29) is 12.4 Å². The molecule has 2 aromatic rings. The number of methoxy groups -OCH3 is 1. The van der Waals surface area contributed by atoms with Crippen molar-refractivity contribution in [1.29, 1.82) is 0 Å². The Morgan fingerprint density at radius 3 is 2.12 bits per heavy atom. The van der Waals surface area contributed by atoms with Crippen molar-refractivity contribution in [3.05, 3.63) is 42.0 Å². The van der Waals surface area contributed by atoms with E-state index >= 15 is 0 Å². The van der Waals surface area contributed by atoms with Crippen molar-refractivity contribution >= 4 is 23.2 Å². The number of aliphatic hydroxyl groups is 1. The highest BCUT2D eigenvalue weighted by Gasteiger charge is 2.15. The molecule has 0 aromatic heterocycles. The highest BCUT2D eigenvalue weighted by Crippen LogP contribution is 2.32. The average molecular weight is 380 g/mol. The van der Waals surface area contributed by atoms with Crippen LogP contribution in [-0.4, -0.2) is 36.8 Å². The quantitative estimate of drug-likeness (QED) is 0.551. The molecule has 0 aliphatic rings. The van der Waals surface area contributed by atoms with Gasteiger partial charge in [0.15, 0.2) is 0 Å². The summed E-state index contributed by atoms with van der Waals surface area (Å²) in [5.41, 5.74) is 1.00. The number of rotatable bonds is 11. The summed E-state index contributed by atoms with van der Waals surface area (Å²) in [5, 5.41) is 13.0. The van der Waals surface area contributed by atoms with Gasteiger partial charge < -0.3 is 14.7 Å². The van der Waals surface area contributed by atoms with E-state index < -0.39 is 6.10 Å². The summed E-state index contributed by atoms with van der Waals surface area (Å²) in [5.74, 6) is 0.860. The van der Waals surface area contributed by atoms with E-state index in [2.05, 4.69) is 30.9 Å². The van der Waals surface area contributed by atoms with Gasteiger partial charge >= 0.3 is 0 Å². The van der Waals surface area contributed by atoms with Crippen LogP contribution in [0.3, 0.4) is 0 Å². The van der Waals surface area contributed by atoms with Crippen molar-refractivity contribution in [2.75, 3.05) is 26.7 Å². The lowest BCUT2D eigenvalue weighted by Crippen LogP contribution is -2.28. The highest BCUT2D eigenvalue weighted by molar-refractivity contribution is 5.91. The number of aliphatic hydroxyl groups excluding tert-OH is 1. The van der Waals surface area contributed by atoms with Crippen molar-refractivity contribution in [3.63, 3.8) is 0 Å². The van der Waals surface area contributed by atoms with Crippen LogP contribution in [0.25, 0.3) is 10.8 Å². The highest BCUT2D eigenvalue weighted by atomic mass is 35.5. The van der Waals surface area contributed by atoms with Crippen LogP contribution in [0.15, 0.2) is 36.4 Å². The van der Waals surface area contributed by atoms with E-state index in [1.165, 1.54) is 25.7 Å². The van der Waals surface area contributed by atoms with Crippen LogP contribution in [0.5, 0.6) is 5.75 Å². The maximum atomic E-state index is 10.8. The summed E-state index contributed by atoms with van der Waals surface area (Å²) in [6.07, 6.45) is 5.21. The first-order valence-corrected chi connectivity index (χ1v) is 9.67. The molecular formula is C22H34ClNO2. The van der Waals surface area contributed by atoms with Gasteiger partial charge in [0.1, 0.15) is 5.75 Å². The molecule has 4 heteroatoms. The first kappa shape index (κ1) is 22.8. The number of hydrogen-bond acceptors (Lipinski definition) is 3. The Labute approximate surface area is 164 Å². The monoisotopic (exact) mass is 379 g/mol. The summed E-state index contributed by atoms with van der Waals surface area (Å²) < 4.78 is 5.46. The molecule has 0 spiro atoms. The molecule has 2 rings (SSSR count). The maximum absolute atomic E-state index is 10.8. The third kappa shape index (κ3) is 6.15. The summed E-state index contributed by atoms with van der Waals surface area (Å²) in [4.78, 5) is 2.50. The Kier molecular flexibility index (Phi) is 10.6. The normalized spacial score (nSPS) is 12.2. The van der Waals surface area contributed by atoms with Gasteiger partial charge in [-0.2, -0.15) is 0 Å². The SMILES string of the molecule is CCCCN(CCCC)CCC(O)c1ccc(OC)c2ccccc12.Cl. The standard InChI is InChI=1S/C22H33NO2.ClH/c1-4-6-15-23(16-7-5-2)17-14-21(24)19-12-13-22(25-3)20-11-9-8-10-18(19)20;/h8-13,21,24H,4-7,14-17H2,1-3H3;1H. The lowest BCUT2D eigenvalue weighted by Gasteiger charge is -2.24. The molecular weight excluding hydrogens is 346 g/mol. The van der Waals surface area contributed by atoms with E-state index in [0.29, 0.717) is 0 Å². The first-order chi connectivity index (χ1) is 12.2. The zero-order chi connectivity index (χ0) is 18.1. The largest absolute Gasteiger partial charge is 0.496 e. The van der Waals surface area contributed by atoms with Gasteiger partial charge in [0, 0.05) is 11.9 Å². The van der Waals surface area contributed by atoms with Gasteiger partial charge in [-0.3, -0.25) is 0 Å². The van der Waals surface area contributed by atoms with Crippen molar-refractivity contribution < 1.29 is 9.84 Å². The molecule has 0 radical (unpaired) electrons. The molecule has 0 aliphatic heterocycles. The third-order valence-corrected chi connectivity index (χ3v) is 4.87. The number of fused-ring (bicyclic) bond motifs is 1. The molecule has 0 saturated heterocycles. The van der Waals surface area contributed by atoms with Crippen molar-refractivity contribution in [2.45, 2.75) is 52.1 Å². The van der Waals surface area contributed by atoms with Crippen molar-refractivity contribution in [2.24, 2.45) is 0 Å². The van der Waals surface area contributed by atoms with Gasteiger partial charge in [0.05, 0.1) is 13.2 Å². The van der Waals surface area contributed by atoms with Gasteiger partial charge in [-0.15, -0.1) is 12.4 Å². The van der Waals surface area contributed by atoms with Crippen LogP contribution in [-0.2, 0) is 0 Å². The zero-order valence-corrected chi connectivity index (χ0v) is 17.2. The molecule has 146 valence electrons. The molecule has 1 atom stereocenters. The molecule has 0 fully saturated rings. The summed E-state index contributed by atoms with van der Waals surface area (Å²) in [6.45, 7) is 7.67. The van der Waals surface area contributed by atoms with Crippen LogP contribution in [0, 0.1) is 0 Å². The average Bonchev–Trinajstić information content (AvgIpc) is 2.66. The van der Waals surface area contributed by atoms with E-state index in [9.17, 15) is 5.11 Å². The molecule has 0 aliphatic carbocycles. The van der Waals surface area contributed by atoms with Crippen LogP contribution in [0.2, 0.25) is 0 Å². The van der Waals surface area contributed by atoms with Crippen LogP contribution in [0.4, 0.5) is 0 Å². The first-order valence-electron chi connectivity index (χ1n) is 9.67. The zero-order valence-electron chi connectivity index (χ0n) is 16.4. The van der Waals surface area contributed by atoms with Gasteiger partial charge in [0.2, 0.25) is 0 Å². The third-order valence-electron chi connectivity index (χ3n) is 4.87. The summed E-state index contributed by atoms with van der Waals surface area (Å²) >= 11 is 0. The second kappa shape index (κ2) is 12.2. The number of benzene rings is 2. The fourth-order valence-electron chi connectivity index (χ4n) is 3.32. The molecule has 0 bridgehead atoms. The van der Waals surface area contributed by atoms with Gasteiger partial charge in [-0.05, 0) is 49.4 Å². The molecule has 0 amide bonds. The van der Waals surface area contributed by atoms with Crippen molar-refractivity contribution in [1.82, 2.24) is 4.90 Å². The van der Waals surface area contributed by atoms with Crippen LogP contribution < -0.4 is 4.74 Å². The fourth-order valence-corrected chi connectivity index (χ4v) is 3.32. The molecule has 1 unspecified atom stereocenters. The molecule has 0 heterocycles. The Hall–Kier alpha value is -1.29. The number of nitrogens with zero attached hydrogens (tertiary/aromatic N) is 1.